The second-order valence-electron chi connectivity index (χ2n) is 5.83. The van der Waals surface area contributed by atoms with Gasteiger partial charge in [-0.3, -0.25) is 4.79 Å². The quantitative estimate of drug-likeness (QED) is 0.642. The van der Waals surface area contributed by atoms with Gasteiger partial charge in [0.1, 0.15) is 11.9 Å². The lowest BCUT2D eigenvalue weighted by molar-refractivity contribution is -0.120. The lowest BCUT2D eigenvalue weighted by Crippen LogP contribution is -2.55. The number of thiophene rings is 1. The van der Waals surface area contributed by atoms with Gasteiger partial charge in [-0.05, 0) is 46.6 Å². The minimum atomic E-state index is -3.88. The minimum Gasteiger partial charge on any atom is -0.325 e. The smallest absolute Gasteiger partial charge is 0.280 e. The molecule has 1 aromatic heterocycles. The zero-order valence-electron chi connectivity index (χ0n) is 13.7. The maximum Gasteiger partial charge on any atom is 0.280 e. The third-order valence-electron chi connectivity index (χ3n) is 4.07. The molecule has 3 rings (SSSR count). The fraction of sp³-hybridized carbons (Fsp3) is 0.267. The van der Waals surface area contributed by atoms with Crippen LogP contribution in [-0.4, -0.2) is 31.7 Å². The molecule has 0 saturated carbocycles. The number of anilines is 1. The van der Waals surface area contributed by atoms with Gasteiger partial charge in [0.2, 0.25) is 5.91 Å². The number of hydrogen-bond donors (Lipinski definition) is 2. The van der Waals surface area contributed by atoms with E-state index in [0.29, 0.717) is 13.7 Å². The number of nitrogens with zero attached hydrogens (tertiary/aromatic N) is 1. The van der Waals surface area contributed by atoms with Crippen LogP contribution in [0.4, 0.5) is 10.1 Å². The molecule has 0 spiro atoms. The topological polar surface area (TPSA) is 78.5 Å². The van der Waals surface area contributed by atoms with E-state index in [1.165, 1.54) is 30.5 Å². The van der Waals surface area contributed by atoms with E-state index in [2.05, 4.69) is 26.0 Å². The summed E-state index contributed by atoms with van der Waals surface area (Å²) in [6.45, 7) is 0. The van der Waals surface area contributed by atoms with E-state index in [-0.39, 0.29) is 17.1 Å². The molecule has 146 valence electrons. The van der Waals surface area contributed by atoms with E-state index < -0.39 is 34.0 Å². The molecule has 1 saturated heterocycles. The first-order chi connectivity index (χ1) is 12.6. The maximum absolute atomic E-state index is 13.3. The Balaban J connectivity index is 1.85. The van der Waals surface area contributed by atoms with E-state index in [0.717, 1.165) is 10.4 Å². The van der Waals surface area contributed by atoms with Crippen molar-refractivity contribution in [2.45, 2.75) is 18.5 Å². The van der Waals surface area contributed by atoms with Gasteiger partial charge in [-0.25, -0.2) is 4.39 Å². The van der Waals surface area contributed by atoms with Crippen molar-refractivity contribution in [3.05, 3.63) is 48.8 Å². The third-order valence-corrected chi connectivity index (χ3v) is 8.54. The lowest BCUT2D eigenvalue weighted by Gasteiger charge is -2.35. The van der Waals surface area contributed by atoms with Gasteiger partial charge in [0.15, 0.2) is 0 Å². The molecular weight excluding hydrogens is 504 g/mol. The Hall–Kier alpha value is -0.750. The number of hydrogen-bond acceptors (Lipinski definition) is 4. The normalized spacial score (nSPS) is 22.6. The second-order valence-corrected chi connectivity index (χ2v) is 10.8. The van der Waals surface area contributed by atoms with Crippen LogP contribution in [-0.2, 0) is 15.0 Å². The molecule has 0 radical (unpaired) electrons. The summed E-state index contributed by atoms with van der Waals surface area (Å²) < 4.78 is 42.4. The number of amides is 1. The highest BCUT2D eigenvalue weighted by atomic mass is 79.9. The van der Waals surface area contributed by atoms with Crippen LogP contribution in [0.1, 0.15) is 17.3 Å². The molecule has 1 fully saturated rings. The molecule has 1 aliphatic rings. The van der Waals surface area contributed by atoms with Gasteiger partial charge in [-0.2, -0.15) is 17.4 Å². The Morgan fingerprint density at radius 3 is 2.67 bits per heavy atom. The molecule has 0 unspecified atom stereocenters. The number of likely N-dealkylation sites (N-methyl/N-ethyl adjacent to an activating group) is 1. The van der Waals surface area contributed by atoms with Crippen molar-refractivity contribution in [2.75, 3.05) is 12.4 Å². The van der Waals surface area contributed by atoms with Gasteiger partial charge in [0.25, 0.3) is 10.2 Å². The second kappa shape index (κ2) is 7.94. The summed E-state index contributed by atoms with van der Waals surface area (Å²) in [5.41, 5.74) is 0.272. The molecule has 1 amide bonds. The number of benzene rings is 1. The van der Waals surface area contributed by atoms with Crippen molar-refractivity contribution < 1.29 is 17.6 Å². The van der Waals surface area contributed by atoms with Crippen LogP contribution in [0.5, 0.6) is 0 Å². The molecule has 1 aromatic carbocycles. The molecule has 12 heteroatoms. The average Bonchev–Trinajstić information content (AvgIpc) is 2.92. The lowest BCUT2D eigenvalue weighted by atomic mass is 10.1. The van der Waals surface area contributed by atoms with Gasteiger partial charge in [0, 0.05) is 17.6 Å². The molecule has 6 nitrogen and oxygen atoms in total. The largest absolute Gasteiger partial charge is 0.325 e. The first-order valence-corrected chi connectivity index (χ1v) is 11.3. The SMILES string of the molecule is CN1[C@H](C(=O)Nc2ccc(F)c(Cl)c2)C[C@H](c2cc(Cl)c(Br)s2)NS1(=O)=O. The van der Waals surface area contributed by atoms with Crippen LogP contribution in [0.3, 0.4) is 0 Å². The predicted molar refractivity (Wildman–Crippen MR) is 108 cm³/mol. The van der Waals surface area contributed by atoms with Crippen LogP contribution >= 0.6 is 50.5 Å². The molecule has 1 aliphatic heterocycles. The maximum atomic E-state index is 13.3. The van der Waals surface area contributed by atoms with Crippen LogP contribution in [0.15, 0.2) is 28.1 Å². The predicted octanol–water partition coefficient (Wildman–Crippen LogP) is 4.17. The van der Waals surface area contributed by atoms with Crippen molar-refractivity contribution in [2.24, 2.45) is 0 Å². The molecule has 2 aromatic rings. The number of carbonyl (C=O) groups excluding carboxylic acids is 1. The summed E-state index contributed by atoms with van der Waals surface area (Å²) >= 11 is 16.3. The monoisotopic (exact) mass is 515 g/mol. The van der Waals surface area contributed by atoms with Crippen LogP contribution in [0.25, 0.3) is 0 Å². The first-order valence-electron chi connectivity index (χ1n) is 7.54. The summed E-state index contributed by atoms with van der Waals surface area (Å²) in [5, 5.41) is 2.90. The zero-order chi connectivity index (χ0) is 19.9. The highest BCUT2D eigenvalue weighted by Crippen LogP contribution is 2.39. The third kappa shape index (κ3) is 4.47. The van der Waals surface area contributed by atoms with E-state index in [1.54, 1.807) is 6.07 Å². The molecule has 2 N–H and O–H groups in total. The summed E-state index contributed by atoms with van der Waals surface area (Å²) in [7, 11) is -2.56. The Kier molecular flexibility index (Phi) is 6.17. The first kappa shape index (κ1) is 21.0. The molecule has 0 bridgehead atoms. The zero-order valence-corrected chi connectivity index (χ0v) is 18.4. The van der Waals surface area contributed by atoms with Gasteiger partial charge in [-0.1, -0.05) is 23.2 Å². The molecular formula is C15H13BrCl2FN3O3S2. The minimum absolute atomic E-state index is 0.143. The molecule has 0 aliphatic carbocycles. The number of carbonyl (C=O) groups is 1. The fourth-order valence-electron chi connectivity index (χ4n) is 2.63. The van der Waals surface area contributed by atoms with Crippen molar-refractivity contribution >= 4 is 72.3 Å². The highest BCUT2D eigenvalue weighted by Gasteiger charge is 2.41. The standard InChI is InChI=1S/C15H13BrCl2FN3O3S2/c1-22-12(15(23)20-7-2-3-10(19)8(17)4-7)6-11(21-27(22,24)25)13-5-9(18)14(16)26-13/h2-5,11-12,21H,6H2,1H3,(H,20,23)/t11-,12+/m1/s1. The van der Waals surface area contributed by atoms with Gasteiger partial charge < -0.3 is 5.32 Å². The van der Waals surface area contributed by atoms with Crippen LogP contribution in [0.2, 0.25) is 10.0 Å². The summed E-state index contributed by atoms with van der Waals surface area (Å²) in [4.78, 5) is 13.4. The van der Waals surface area contributed by atoms with E-state index in [9.17, 15) is 17.6 Å². The fourth-order valence-corrected chi connectivity index (χ4v) is 5.96. The van der Waals surface area contributed by atoms with E-state index >= 15 is 0 Å². The summed E-state index contributed by atoms with van der Waals surface area (Å²) in [6, 6.07) is 3.82. The molecule has 27 heavy (non-hydrogen) atoms. The average molecular weight is 517 g/mol. The number of halogens is 4. The van der Waals surface area contributed by atoms with Gasteiger partial charge >= 0.3 is 0 Å². The van der Waals surface area contributed by atoms with Crippen LogP contribution in [0, 0.1) is 5.82 Å². The number of rotatable bonds is 3. The Labute approximate surface area is 178 Å². The van der Waals surface area contributed by atoms with E-state index in [4.69, 9.17) is 23.2 Å². The van der Waals surface area contributed by atoms with Gasteiger partial charge in [0.05, 0.1) is 19.9 Å². The molecule has 2 atom stereocenters. The van der Waals surface area contributed by atoms with Crippen molar-refractivity contribution in [3.63, 3.8) is 0 Å². The molecule has 2 heterocycles. The van der Waals surface area contributed by atoms with Crippen molar-refractivity contribution in [1.82, 2.24) is 9.03 Å². The highest BCUT2D eigenvalue weighted by molar-refractivity contribution is 9.11. The summed E-state index contributed by atoms with van der Waals surface area (Å²) in [5.74, 6) is -1.16. The summed E-state index contributed by atoms with van der Waals surface area (Å²) in [6.07, 6.45) is 0.194. The van der Waals surface area contributed by atoms with Gasteiger partial charge in [-0.15, -0.1) is 11.3 Å². The van der Waals surface area contributed by atoms with Crippen LogP contribution < -0.4 is 10.0 Å². The van der Waals surface area contributed by atoms with Crippen molar-refractivity contribution in [1.29, 1.82) is 0 Å². The Morgan fingerprint density at radius 2 is 2.07 bits per heavy atom. The Bertz CT molecular complexity index is 983. The number of nitrogens with one attached hydrogen (secondary N) is 2. The van der Waals surface area contributed by atoms with Crippen molar-refractivity contribution in [3.8, 4) is 0 Å². The van der Waals surface area contributed by atoms with E-state index in [1.807, 2.05) is 0 Å². The Morgan fingerprint density at radius 1 is 1.37 bits per heavy atom.